The van der Waals surface area contributed by atoms with Crippen LogP contribution < -0.4 is 38.2 Å². The molecule has 31 heavy (non-hydrogen) atoms. The molecule has 2 aromatic carbocycles. The van der Waals surface area contributed by atoms with Gasteiger partial charge in [0.05, 0.1) is 40.8 Å². The number of aliphatic hydroxyl groups excluding tert-OH is 1. The number of ether oxygens (including phenoxy) is 3. The first-order valence-electron chi connectivity index (χ1n) is 10.5. The lowest BCUT2D eigenvalue weighted by Crippen LogP contribution is -3.00. The molecular formula is C24H30INO5. The van der Waals surface area contributed by atoms with Crippen LogP contribution in [-0.2, 0) is 24.2 Å². The molecule has 0 spiro atoms. The number of fused-ring (bicyclic) bond motifs is 2. The summed E-state index contributed by atoms with van der Waals surface area (Å²) in [7, 11) is 5.97. The number of aryl methyl sites for hydroxylation is 1. The minimum absolute atomic E-state index is 0. The van der Waals surface area contributed by atoms with Gasteiger partial charge in [0, 0.05) is 24.0 Å². The van der Waals surface area contributed by atoms with E-state index in [4.69, 9.17) is 14.2 Å². The highest BCUT2D eigenvalue weighted by Gasteiger charge is 2.41. The Balaban J connectivity index is 0.00000272. The molecule has 2 aliphatic heterocycles. The van der Waals surface area contributed by atoms with Gasteiger partial charge in [0.25, 0.3) is 0 Å². The van der Waals surface area contributed by atoms with Crippen molar-refractivity contribution in [2.45, 2.75) is 38.3 Å². The van der Waals surface area contributed by atoms with E-state index < -0.39 is 0 Å². The molecule has 4 rings (SSSR count). The summed E-state index contributed by atoms with van der Waals surface area (Å²) in [6, 6.07) is 9.88. The smallest absolute Gasteiger partial charge is 0.231 e. The summed E-state index contributed by atoms with van der Waals surface area (Å²) in [5.74, 6) is 2.37. The van der Waals surface area contributed by atoms with Crippen molar-refractivity contribution in [1.29, 1.82) is 0 Å². The third-order valence-corrected chi connectivity index (χ3v) is 6.43. The van der Waals surface area contributed by atoms with Crippen molar-refractivity contribution in [1.82, 2.24) is 0 Å². The lowest BCUT2D eigenvalue weighted by molar-refractivity contribution is -0.922. The van der Waals surface area contributed by atoms with E-state index >= 15 is 0 Å². The first kappa shape index (κ1) is 23.8. The molecule has 0 fully saturated rings. The van der Waals surface area contributed by atoms with Gasteiger partial charge in [-0.05, 0) is 35.7 Å². The summed E-state index contributed by atoms with van der Waals surface area (Å²) in [5.41, 5.74) is 4.09. The van der Waals surface area contributed by atoms with Crippen LogP contribution in [0.2, 0.25) is 0 Å². The van der Waals surface area contributed by atoms with Crippen molar-refractivity contribution in [2.75, 3.05) is 34.5 Å². The second-order valence-corrected chi connectivity index (χ2v) is 8.68. The summed E-state index contributed by atoms with van der Waals surface area (Å²) in [5, 5.41) is 10.1. The number of carbonyl (C=O) groups is 1. The fourth-order valence-corrected chi connectivity index (χ4v) is 4.66. The maximum absolute atomic E-state index is 13.0. The molecule has 1 N–H and O–H groups in total. The molecule has 0 bridgehead atoms. The Morgan fingerprint density at radius 2 is 2.06 bits per heavy atom. The predicted octanol–water partition coefficient (Wildman–Crippen LogP) is 0.186. The van der Waals surface area contributed by atoms with Crippen molar-refractivity contribution >= 4 is 5.78 Å². The van der Waals surface area contributed by atoms with E-state index in [0.717, 1.165) is 41.0 Å². The van der Waals surface area contributed by atoms with Gasteiger partial charge in [-0.3, -0.25) is 4.79 Å². The van der Waals surface area contributed by atoms with E-state index in [2.05, 4.69) is 14.1 Å². The Hall–Kier alpha value is -1.84. The van der Waals surface area contributed by atoms with Gasteiger partial charge in [0.2, 0.25) is 6.79 Å². The second-order valence-electron chi connectivity index (χ2n) is 8.68. The van der Waals surface area contributed by atoms with Crippen LogP contribution in [0.15, 0.2) is 30.3 Å². The van der Waals surface area contributed by atoms with Gasteiger partial charge in [0.1, 0.15) is 17.6 Å². The molecule has 2 heterocycles. The number of hydrogen-bond acceptors (Lipinski definition) is 5. The molecule has 1 atom stereocenters. The zero-order chi connectivity index (χ0) is 21.3. The van der Waals surface area contributed by atoms with Crippen molar-refractivity contribution in [3.63, 3.8) is 0 Å². The van der Waals surface area contributed by atoms with Gasteiger partial charge in [-0.2, -0.15) is 0 Å². The van der Waals surface area contributed by atoms with Gasteiger partial charge in [-0.1, -0.05) is 12.1 Å². The summed E-state index contributed by atoms with van der Waals surface area (Å²) < 4.78 is 17.2. The summed E-state index contributed by atoms with van der Waals surface area (Å²) in [4.78, 5) is 13.0. The lowest BCUT2D eigenvalue weighted by Gasteiger charge is -2.43. The summed E-state index contributed by atoms with van der Waals surface area (Å²) >= 11 is 0. The molecule has 0 saturated heterocycles. The number of benzene rings is 2. The van der Waals surface area contributed by atoms with E-state index in [9.17, 15) is 9.90 Å². The molecule has 2 aromatic rings. The molecule has 7 heteroatoms. The fraction of sp³-hybridized carbons (Fsp3) is 0.458. The number of aliphatic hydroxyl groups is 1. The van der Waals surface area contributed by atoms with Crippen LogP contribution in [-0.4, -0.2) is 49.9 Å². The fourth-order valence-electron chi connectivity index (χ4n) is 4.66. The van der Waals surface area contributed by atoms with Crippen LogP contribution in [0.4, 0.5) is 0 Å². The molecule has 0 radical (unpaired) electrons. The summed E-state index contributed by atoms with van der Waals surface area (Å²) in [6.07, 6.45) is 2.51. The third-order valence-electron chi connectivity index (χ3n) is 6.43. The van der Waals surface area contributed by atoms with Gasteiger partial charge < -0.3 is 47.8 Å². The summed E-state index contributed by atoms with van der Waals surface area (Å²) in [6.45, 7) is 0.988. The largest absolute Gasteiger partial charge is 1.00 e. The van der Waals surface area contributed by atoms with Crippen molar-refractivity contribution in [2.24, 2.45) is 0 Å². The SMILES string of the molecule is COc1cccc(CCC(=O)CC2c3c(cc4c(c3CO)OCO4)CC[N+]2(C)C)c1.[I-]. The number of nitrogens with zero attached hydrogens (tertiary/aromatic N) is 1. The number of carbonyl (C=O) groups excluding carboxylic acids is 1. The number of quaternary nitrogens is 1. The average molecular weight is 539 g/mol. The predicted molar refractivity (Wildman–Crippen MR) is 113 cm³/mol. The maximum atomic E-state index is 13.0. The standard InChI is InChI=1S/C24H30NO5.HI/c1-25(2)10-9-17-12-22-24(30-15-29-22)20(14-26)23(17)21(25)13-18(27)8-7-16-5-4-6-19(11-16)28-3;/h4-6,11-12,21,26H,7-10,13-15H2,1-3H3;1H/q+1;/p-1. The van der Waals surface area contributed by atoms with Crippen molar-refractivity contribution in [3.8, 4) is 17.2 Å². The van der Waals surface area contributed by atoms with Crippen LogP contribution in [0.1, 0.15) is 41.1 Å². The molecule has 0 aromatic heterocycles. The number of hydrogen-bond donors (Lipinski definition) is 1. The molecule has 2 aliphatic rings. The van der Waals surface area contributed by atoms with Gasteiger partial charge in [-0.15, -0.1) is 0 Å². The monoisotopic (exact) mass is 539 g/mol. The van der Waals surface area contributed by atoms with Crippen LogP contribution in [0.3, 0.4) is 0 Å². The van der Waals surface area contributed by atoms with Crippen LogP contribution in [0.5, 0.6) is 17.2 Å². The second kappa shape index (κ2) is 9.75. The molecule has 0 aliphatic carbocycles. The minimum atomic E-state index is -0.122. The molecular weight excluding hydrogens is 509 g/mol. The first-order valence-corrected chi connectivity index (χ1v) is 10.5. The van der Waals surface area contributed by atoms with E-state index in [1.807, 2.05) is 30.3 Å². The minimum Gasteiger partial charge on any atom is -1.00 e. The Bertz CT molecular complexity index is 959. The Morgan fingerprint density at radius 1 is 1.26 bits per heavy atom. The Kier molecular flexibility index (Phi) is 7.49. The van der Waals surface area contributed by atoms with Crippen LogP contribution >= 0.6 is 0 Å². The number of likely N-dealkylation sites (N-methyl/N-ethyl adjacent to an activating group) is 1. The highest BCUT2D eigenvalue weighted by Crippen LogP contribution is 2.47. The highest BCUT2D eigenvalue weighted by atomic mass is 127. The third kappa shape index (κ3) is 4.83. The molecule has 1 unspecified atom stereocenters. The topological polar surface area (TPSA) is 65.0 Å². The number of ketones is 1. The van der Waals surface area contributed by atoms with Crippen molar-refractivity contribution < 1.29 is 52.6 Å². The Labute approximate surface area is 200 Å². The zero-order valence-corrected chi connectivity index (χ0v) is 20.5. The lowest BCUT2D eigenvalue weighted by atomic mass is 9.83. The van der Waals surface area contributed by atoms with Gasteiger partial charge in [-0.25, -0.2) is 0 Å². The number of methoxy groups -OCH3 is 1. The highest BCUT2D eigenvalue weighted by molar-refractivity contribution is 5.79. The average Bonchev–Trinajstić information content (AvgIpc) is 3.21. The van der Waals surface area contributed by atoms with E-state index in [-0.39, 0.29) is 49.2 Å². The Morgan fingerprint density at radius 3 is 2.81 bits per heavy atom. The molecule has 6 nitrogen and oxygen atoms in total. The zero-order valence-electron chi connectivity index (χ0n) is 18.3. The molecule has 168 valence electrons. The van der Waals surface area contributed by atoms with E-state index in [1.165, 1.54) is 0 Å². The number of halogens is 1. The quantitative estimate of drug-likeness (QED) is 0.402. The van der Waals surface area contributed by atoms with E-state index in [1.54, 1.807) is 7.11 Å². The first-order chi connectivity index (χ1) is 14.4. The normalized spacial score (nSPS) is 18.1. The number of rotatable bonds is 7. The molecule has 0 saturated carbocycles. The van der Waals surface area contributed by atoms with Crippen LogP contribution in [0.25, 0.3) is 0 Å². The molecule has 0 amide bonds. The van der Waals surface area contributed by atoms with E-state index in [0.29, 0.717) is 35.2 Å². The van der Waals surface area contributed by atoms with Gasteiger partial charge >= 0.3 is 0 Å². The van der Waals surface area contributed by atoms with Crippen LogP contribution in [0, 0.1) is 0 Å². The number of Topliss-reactive ketones (excluding diaryl/α,β-unsaturated/α-hetero) is 1. The van der Waals surface area contributed by atoms with Crippen molar-refractivity contribution in [3.05, 3.63) is 52.6 Å². The van der Waals surface area contributed by atoms with Gasteiger partial charge in [0.15, 0.2) is 11.5 Å². The maximum Gasteiger partial charge on any atom is 0.231 e.